The molecule has 0 bridgehead atoms. The fraction of sp³-hybridized carbons (Fsp3) is 0.368. The summed E-state index contributed by atoms with van der Waals surface area (Å²) in [7, 11) is -1.73. The molecule has 0 spiro atoms. The lowest BCUT2D eigenvalue weighted by atomic mass is 10.2. The van der Waals surface area contributed by atoms with Crippen molar-refractivity contribution in [3.8, 4) is 5.75 Å². The first kappa shape index (κ1) is 18.4. The van der Waals surface area contributed by atoms with Gasteiger partial charge in [0.15, 0.2) is 0 Å². The van der Waals surface area contributed by atoms with Crippen molar-refractivity contribution in [1.29, 1.82) is 0 Å². The Kier molecular flexibility index (Phi) is 5.27. The third kappa shape index (κ3) is 3.72. The van der Waals surface area contributed by atoms with E-state index in [1.54, 1.807) is 30.3 Å². The number of nitrogens with zero attached hydrogens (tertiary/aromatic N) is 2. The predicted molar refractivity (Wildman–Crippen MR) is 106 cm³/mol. The zero-order chi connectivity index (χ0) is 18.7. The predicted octanol–water partition coefficient (Wildman–Crippen LogP) is 3.16. The van der Waals surface area contributed by atoms with E-state index >= 15 is 0 Å². The van der Waals surface area contributed by atoms with Crippen LogP contribution in [-0.4, -0.2) is 41.7 Å². The number of sulfonamides is 1. The van der Waals surface area contributed by atoms with Crippen molar-refractivity contribution < 1.29 is 13.2 Å². The Morgan fingerprint density at radius 3 is 2.46 bits per heavy atom. The first-order chi connectivity index (χ1) is 12.4. The maximum Gasteiger partial charge on any atom is 0.261 e. The summed E-state index contributed by atoms with van der Waals surface area (Å²) >= 11 is 0. The monoisotopic (exact) mass is 375 g/mol. The Morgan fingerprint density at radius 1 is 1.12 bits per heavy atom. The van der Waals surface area contributed by atoms with Crippen LogP contribution in [0.1, 0.15) is 13.8 Å². The third-order valence-electron chi connectivity index (χ3n) is 4.58. The standard InChI is InChI=1S/C19H25N3O3S/c1-4-22(5-2)16-8-6-15(7-9-16)20-26(23,24)17-10-11-19-18(14-17)21(3)12-13-25-19/h6-11,14,20H,4-5,12-13H2,1-3H3. The average molecular weight is 375 g/mol. The van der Waals surface area contributed by atoms with Crippen LogP contribution in [0.25, 0.3) is 0 Å². The number of rotatable bonds is 6. The molecule has 0 radical (unpaired) electrons. The number of nitrogens with one attached hydrogen (secondary N) is 1. The Labute approximate surface area is 155 Å². The number of hydrogen-bond donors (Lipinski definition) is 1. The van der Waals surface area contributed by atoms with Gasteiger partial charge in [-0.2, -0.15) is 0 Å². The SMILES string of the molecule is CCN(CC)c1ccc(NS(=O)(=O)c2ccc3c(c2)N(C)CCO3)cc1. The molecule has 1 aliphatic rings. The minimum absolute atomic E-state index is 0.224. The summed E-state index contributed by atoms with van der Waals surface area (Å²) in [6.07, 6.45) is 0. The van der Waals surface area contributed by atoms with Crippen molar-refractivity contribution in [2.75, 3.05) is 47.8 Å². The number of fused-ring (bicyclic) bond motifs is 1. The lowest BCUT2D eigenvalue weighted by molar-refractivity contribution is 0.311. The smallest absolute Gasteiger partial charge is 0.261 e. The quantitative estimate of drug-likeness (QED) is 0.840. The van der Waals surface area contributed by atoms with Gasteiger partial charge in [0.1, 0.15) is 12.4 Å². The van der Waals surface area contributed by atoms with Gasteiger partial charge >= 0.3 is 0 Å². The maximum absolute atomic E-state index is 12.7. The number of ether oxygens (including phenoxy) is 1. The zero-order valence-corrected chi connectivity index (χ0v) is 16.2. The van der Waals surface area contributed by atoms with Crippen LogP contribution in [0.4, 0.5) is 17.1 Å². The van der Waals surface area contributed by atoms with Gasteiger partial charge in [0, 0.05) is 31.5 Å². The van der Waals surface area contributed by atoms with Crippen LogP contribution in [0, 0.1) is 0 Å². The normalized spacial score (nSPS) is 13.7. The van der Waals surface area contributed by atoms with E-state index in [2.05, 4.69) is 23.5 Å². The lowest BCUT2D eigenvalue weighted by Gasteiger charge is -2.28. The van der Waals surface area contributed by atoms with Crippen molar-refractivity contribution in [1.82, 2.24) is 0 Å². The second-order valence-electron chi connectivity index (χ2n) is 6.22. The van der Waals surface area contributed by atoms with Gasteiger partial charge in [-0.15, -0.1) is 0 Å². The Morgan fingerprint density at radius 2 is 1.81 bits per heavy atom. The van der Waals surface area contributed by atoms with Crippen LogP contribution in [0.5, 0.6) is 5.75 Å². The maximum atomic E-state index is 12.7. The van der Waals surface area contributed by atoms with Gasteiger partial charge in [-0.1, -0.05) is 0 Å². The molecule has 0 aromatic heterocycles. The largest absolute Gasteiger partial charge is 0.490 e. The van der Waals surface area contributed by atoms with Crippen molar-refractivity contribution in [3.05, 3.63) is 42.5 Å². The highest BCUT2D eigenvalue weighted by atomic mass is 32.2. The third-order valence-corrected chi connectivity index (χ3v) is 5.96. The molecule has 6 nitrogen and oxygen atoms in total. The first-order valence-electron chi connectivity index (χ1n) is 8.80. The van der Waals surface area contributed by atoms with Crippen LogP contribution < -0.4 is 19.3 Å². The Bertz CT molecular complexity index is 862. The van der Waals surface area contributed by atoms with Crippen LogP contribution in [0.3, 0.4) is 0 Å². The van der Waals surface area contributed by atoms with Crippen molar-refractivity contribution in [2.45, 2.75) is 18.7 Å². The highest BCUT2D eigenvalue weighted by Crippen LogP contribution is 2.33. The molecule has 140 valence electrons. The van der Waals surface area contributed by atoms with Crippen LogP contribution in [0.2, 0.25) is 0 Å². The highest BCUT2D eigenvalue weighted by Gasteiger charge is 2.21. The summed E-state index contributed by atoms with van der Waals surface area (Å²) in [4.78, 5) is 4.43. The summed E-state index contributed by atoms with van der Waals surface area (Å²) in [5.74, 6) is 0.710. The summed E-state index contributed by atoms with van der Waals surface area (Å²) in [6.45, 7) is 7.34. The van der Waals surface area contributed by atoms with E-state index in [0.717, 1.165) is 31.0 Å². The van der Waals surface area contributed by atoms with Gasteiger partial charge in [0.2, 0.25) is 0 Å². The minimum Gasteiger partial charge on any atom is -0.490 e. The molecule has 0 fully saturated rings. The molecular formula is C19H25N3O3S. The topological polar surface area (TPSA) is 61.9 Å². The molecule has 0 saturated heterocycles. The molecule has 0 atom stereocenters. The van der Waals surface area contributed by atoms with Crippen molar-refractivity contribution in [2.24, 2.45) is 0 Å². The van der Waals surface area contributed by atoms with E-state index in [0.29, 0.717) is 18.0 Å². The zero-order valence-electron chi connectivity index (χ0n) is 15.4. The molecule has 2 aromatic carbocycles. The Hall–Kier alpha value is -2.41. The molecule has 1 aliphatic heterocycles. The van der Waals surface area contributed by atoms with Gasteiger partial charge in [0.05, 0.1) is 17.1 Å². The molecule has 26 heavy (non-hydrogen) atoms. The van der Waals surface area contributed by atoms with Crippen molar-refractivity contribution >= 4 is 27.1 Å². The molecule has 0 aliphatic carbocycles. The Balaban J connectivity index is 1.82. The van der Waals surface area contributed by atoms with Crippen LogP contribution in [-0.2, 0) is 10.0 Å². The van der Waals surface area contributed by atoms with Gasteiger partial charge in [-0.05, 0) is 56.3 Å². The fourth-order valence-electron chi connectivity index (χ4n) is 3.04. The lowest BCUT2D eigenvalue weighted by Crippen LogP contribution is -2.29. The van der Waals surface area contributed by atoms with E-state index in [1.807, 2.05) is 24.1 Å². The fourth-order valence-corrected chi connectivity index (χ4v) is 4.12. The second-order valence-corrected chi connectivity index (χ2v) is 7.91. The first-order valence-corrected chi connectivity index (χ1v) is 10.3. The summed E-state index contributed by atoms with van der Waals surface area (Å²) in [5.41, 5.74) is 2.41. The molecule has 7 heteroatoms. The minimum atomic E-state index is -3.66. The van der Waals surface area contributed by atoms with Crippen LogP contribution in [0.15, 0.2) is 47.4 Å². The molecule has 0 saturated carbocycles. The number of benzene rings is 2. The number of hydrogen-bond acceptors (Lipinski definition) is 5. The van der Waals surface area contributed by atoms with Gasteiger partial charge < -0.3 is 14.5 Å². The second kappa shape index (κ2) is 7.45. The van der Waals surface area contributed by atoms with Gasteiger partial charge in [-0.3, -0.25) is 4.72 Å². The van der Waals surface area contributed by atoms with Gasteiger partial charge in [0.25, 0.3) is 10.0 Å². The van der Waals surface area contributed by atoms with E-state index in [9.17, 15) is 8.42 Å². The summed E-state index contributed by atoms with van der Waals surface area (Å²) in [5, 5.41) is 0. The number of likely N-dealkylation sites (N-methyl/N-ethyl adjacent to an activating group) is 1. The van der Waals surface area contributed by atoms with E-state index in [4.69, 9.17) is 4.74 Å². The van der Waals surface area contributed by atoms with Crippen LogP contribution >= 0.6 is 0 Å². The number of anilines is 3. The molecular weight excluding hydrogens is 350 g/mol. The molecule has 1 N–H and O–H groups in total. The summed E-state index contributed by atoms with van der Waals surface area (Å²) < 4.78 is 33.7. The highest BCUT2D eigenvalue weighted by molar-refractivity contribution is 7.92. The molecule has 0 amide bonds. The van der Waals surface area contributed by atoms with E-state index in [-0.39, 0.29) is 4.90 Å². The van der Waals surface area contributed by atoms with Gasteiger partial charge in [-0.25, -0.2) is 8.42 Å². The summed E-state index contributed by atoms with van der Waals surface area (Å²) in [6, 6.07) is 12.4. The molecule has 1 heterocycles. The average Bonchev–Trinajstić information content (AvgIpc) is 2.64. The van der Waals surface area contributed by atoms with E-state index < -0.39 is 10.0 Å². The molecule has 2 aromatic rings. The molecule has 0 unspecified atom stereocenters. The van der Waals surface area contributed by atoms with E-state index in [1.165, 1.54) is 0 Å². The molecule has 3 rings (SSSR count). The van der Waals surface area contributed by atoms with Crippen molar-refractivity contribution in [3.63, 3.8) is 0 Å².